The number of nitrogens with one attached hydrogen (secondary N) is 1. The van der Waals surface area contributed by atoms with E-state index in [4.69, 9.17) is 0 Å². The summed E-state index contributed by atoms with van der Waals surface area (Å²) in [5, 5.41) is 3.77. The van der Waals surface area contributed by atoms with Gasteiger partial charge in [-0.1, -0.05) is 43.2 Å². The van der Waals surface area contributed by atoms with Crippen LogP contribution in [0.4, 0.5) is 0 Å². The van der Waals surface area contributed by atoms with E-state index < -0.39 is 0 Å². The average molecular weight is 231 g/mol. The zero-order chi connectivity index (χ0) is 12.1. The van der Waals surface area contributed by atoms with E-state index in [9.17, 15) is 0 Å². The van der Waals surface area contributed by atoms with Gasteiger partial charge in [-0.05, 0) is 51.1 Å². The molecule has 0 radical (unpaired) electrons. The minimum absolute atomic E-state index is 0.419. The first-order chi connectivity index (χ1) is 8.24. The van der Waals surface area contributed by atoms with Crippen LogP contribution in [0, 0.1) is 6.92 Å². The Kier molecular flexibility index (Phi) is 4.22. The lowest BCUT2D eigenvalue weighted by Gasteiger charge is -2.38. The molecule has 1 aliphatic rings. The highest BCUT2D eigenvalue weighted by molar-refractivity contribution is 5.22. The summed E-state index contributed by atoms with van der Waals surface area (Å²) in [6, 6.07) is 8.95. The quantitative estimate of drug-likeness (QED) is 0.830. The van der Waals surface area contributed by atoms with Crippen LogP contribution in [0.1, 0.15) is 50.2 Å². The summed E-state index contributed by atoms with van der Waals surface area (Å²) in [5.74, 6) is 0. The fourth-order valence-electron chi connectivity index (χ4n) is 2.97. The number of aryl methyl sites for hydroxylation is 2. The number of piperidine rings is 1. The molecule has 1 nitrogen and oxygen atoms in total. The van der Waals surface area contributed by atoms with E-state index in [0.717, 1.165) is 0 Å². The minimum atomic E-state index is 0.419. The van der Waals surface area contributed by atoms with Crippen molar-refractivity contribution in [3.05, 3.63) is 35.4 Å². The van der Waals surface area contributed by atoms with Gasteiger partial charge in [0, 0.05) is 5.54 Å². The van der Waals surface area contributed by atoms with Gasteiger partial charge in [0.25, 0.3) is 0 Å². The summed E-state index contributed by atoms with van der Waals surface area (Å²) in [5.41, 5.74) is 3.29. The van der Waals surface area contributed by atoms with Crippen molar-refractivity contribution in [2.75, 3.05) is 6.54 Å². The minimum Gasteiger partial charge on any atom is -0.311 e. The largest absolute Gasteiger partial charge is 0.311 e. The first kappa shape index (κ1) is 12.6. The maximum atomic E-state index is 3.77. The molecule has 1 heterocycles. The molecular formula is C16H25N. The Balaban J connectivity index is 1.95. The molecule has 1 saturated heterocycles. The first-order valence-electron chi connectivity index (χ1n) is 7.05. The molecule has 17 heavy (non-hydrogen) atoms. The lowest BCUT2D eigenvalue weighted by molar-refractivity contribution is 0.229. The monoisotopic (exact) mass is 231 g/mol. The fourth-order valence-corrected chi connectivity index (χ4v) is 2.97. The molecule has 1 N–H and O–H groups in total. The lowest BCUT2D eigenvalue weighted by atomic mass is 9.81. The smallest absolute Gasteiger partial charge is 0.0182 e. The van der Waals surface area contributed by atoms with E-state index in [1.807, 2.05) is 0 Å². The van der Waals surface area contributed by atoms with Crippen LogP contribution in [0.5, 0.6) is 0 Å². The predicted molar refractivity (Wildman–Crippen MR) is 74.4 cm³/mol. The van der Waals surface area contributed by atoms with Crippen LogP contribution < -0.4 is 5.32 Å². The van der Waals surface area contributed by atoms with Crippen molar-refractivity contribution in [1.29, 1.82) is 0 Å². The molecule has 0 aromatic heterocycles. The molecule has 1 fully saturated rings. The molecule has 1 atom stereocenters. The van der Waals surface area contributed by atoms with Crippen molar-refractivity contribution in [2.45, 2.75) is 57.9 Å². The average Bonchev–Trinajstić information content (AvgIpc) is 2.38. The molecule has 94 valence electrons. The summed E-state index contributed by atoms with van der Waals surface area (Å²) in [6.07, 6.45) is 7.87. The van der Waals surface area contributed by atoms with Gasteiger partial charge in [0.1, 0.15) is 0 Å². The van der Waals surface area contributed by atoms with Gasteiger partial charge in [-0.25, -0.2) is 0 Å². The second-order valence-corrected chi connectivity index (χ2v) is 5.51. The summed E-state index contributed by atoms with van der Waals surface area (Å²) >= 11 is 0. The molecule has 1 heteroatoms. The number of benzene rings is 1. The van der Waals surface area contributed by atoms with E-state index in [0.29, 0.717) is 5.54 Å². The van der Waals surface area contributed by atoms with Crippen LogP contribution >= 0.6 is 0 Å². The van der Waals surface area contributed by atoms with Gasteiger partial charge in [-0.15, -0.1) is 0 Å². The van der Waals surface area contributed by atoms with Gasteiger partial charge >= 0.3 is 0 Å². The topological polar surface area (TPSA) is 12.0 Å². The van der Waals surface area contributed by atoms with Crippen molar-refractivity contribution >= 4 is 0 Å². The van der Waals surface area contributed by atoms with Crippen LogP contribution in [0.3, 0.4) is 0 Å². The standard InChI is InChI=1S/C16H25N/c1-3-16(10-4-5-12-17-16)11-9-15-8-6-7-14(2)13-15/h6-8,13,17H,3-5,9-12H2,1-2H3. The number of hydrogen-bond acceptors (Lipinski definition) is 1. The summed E-state index contributed by atoms with van der Waals surface area (Å²) in [7, 11) is 0. The Morgan fingerprint density at radius 3 is 2.82 bits per heavy atom. The lowest BCUT2D eigenvalue weighted by Crippen LogP contribution is -2.48. The van der Waals surface area contributed by atoms with E-state index in [1.165, 1.54) is 56.2 Å². The molecule has 0 spiro atoms. The van der Waals surface area contributed by atoms with Gasteiger partial charge in [-0.2, -0.15) is 0 Å². The van der Waals surface area contributed by atoms with Gasteiger partial charge in [0.2, 0.25) is 0 Å². The van der Waals surface area contributed by atoms with Gasteiger partial charge in [0.15, 0.2) is 0 Å². The summed E-state index contributed by atoms with van der Waals surface area (Å²) < 4.78 is 0. The Morgan fingerprint density at radius 2 is 2.18 bits per heavy atom. The van der Waals surface area contributed by atoms with Crippen LogP contribution in [0.2, 0.25) is 0 Å². The third-order valence-electron chi connectivity index (χ3n) is 4.23. The van der Waals surface area contributed by atoms with Crippen LogP contribution in [-0.4, -0.2) is 12.1 Å². The molecule has 0 amide bonds. The normalized spacial score (nSPS) is 24.8. The molecule has 1 aromatic rings. The highest BCUT2D eigenvalue weighted by atomic mass is 15.0. The summed E-state index contributed by atoms with van der Waals surface area (Å²) in [4.78, 5) is 0. The zero-order valence-corrected chi connectivity index (χ0v) is 11.3. The Hall–Kier alpha value is -0.820. The van der Waals surface area contributed by atoms with Crippen molar-refractivity contribution in [3.63, 3.8) is 0 Å². The third kappa shape index (κ3) is 3.32. The van der Waals surface area contributed by atoms with Crippen LogP contribution in [0.15, 0.2) is 24.3 Å². The highest BCUT2D eigenvalue weighted by Gasteiger charge is 2.28. The SMILES string of the molecule is CCC1(CCc2cccc(C)c2)CCCCN1. The Labute approximate surface area is 106 Å². The molecule has 1 unspecified atom stereocenters. The maximum absolute atomic E-state index is 3.77. The van der Waals surface area contributed by atoms with Gasteiger partial charge < -0.3 is 5.32 Å². The maximum Gasteiger partial charge on any atom is 0.0182 e. The molecule has 1 aliphatic heterocycles. The van der Waals surface area contributed by atoms with E-state index in [-0.39, 0.29) is 0 Å². The molecule has 0 saturated carbocycles. The molecule has 1 aromatic carbocycles. The number of rotatable bonds is 4. The van der Waals surface area contributed by atoms with Gasteiger partial charge in [0.05, 0.1) is 0 Å². The van der Waals surface area contributed by atoms with Crippen LogP contribution in [0.25, 0.3) is 0 Å². The second kappa shape index (κ2) is 5.68. The fraction of sp³-hybridized carbons (Fsp3) is 0.625. The van der Waals surface area contributed by atoms with Gasteiger partial charge in [-0.3, -0.25) is 0 Å². The third-order valence-corrected chi connectivity index (χ3v) is 4.23. The van der Waals surface area contributed by atoms with E-state index in [1.54, 1.807) is 0 Å². The Morgan fingerprint density at radius 1 is 1.29 bits per heavy atom. The van der Waals surface area contributed by atoms with Crippen molar-refractivity contribution in [1.82, 2.24) is 5.32 Å². The molecular weight excluding hydrogens is 206 g/mol. The zero-order valence-electron chi connectivity index (χ0n) is 11.3. The first-order valence-corrected chi connectivity index (χ1v) is 7.05. The van der Waals surface area contributed by atoms with Crippen molar-refractivity contribution in [3.8, 4) is 0 Å². The Bertz CT molecular complexity index is 350. The van der Waals surface area contributed by atoms with Crippen molar-refractivity contribution < 1.29 is 0 Å². The van der Waals surface area contributed by atoms with E-state index >= 15 is 0 Å². The second-order valence-electron chi connectivity index (χ2n) is 5.51. The highest BCUT2D eigenvalue weighted by Crippen LogP contribution is 2.27. The summed E-state index contributed by atoms with van der Waals surface area (Å²) in [6.45, 7) is 5.72. The predicted octanol–water partition coefficient (Wildman–Crippen LogP) is 3.85. The molecule has 0 bridgehead atoms. The van der Waals surface area contributed by atoms with E-state index in [2.05, 4.69) is 43.4 Å². The molecule has 0 aliphatic carbocycles. The molecule has 2 rings (SSSR count). The number of hydrogen-bond donors (Lipinski definition) is 1. The van der Waals surface area contributed by atoms with Crippen LogP contribution in [-0.2, 0) is 6.42 Å². The van der Waals surface area contributed by atoms with Crippen molar-refractivity contribution in [2.24, 2.45) is 0 Å².